The minimum Gasteiger partial charge on any atom is -0.351 e. The fraction of sp³-hybridized carbons (Fsp3) is 0.316. The predicted octanol–water partition coefficient (Wildman–Crippen LogP) is 3.34. The largest absolute Gasteiger partial charge is 0.351 e. The van der Waals surface area contributed by atoms with Gasteiger partial charge >= 0.3 is 0 Å². The zero-order valence-electron chi connectivity index (χ0n) is 14.9. The van der Waals surface area contributed by atoms with Crippen LogP contribution in [0.5, 0.6) is 0 Å². The third-order valence-corrected chi connectivity index (χ3v) is 5.23. The lowest BCUT2D eigenvalue weighted by Gasteiger charge is -2.07. The number of rotatable bonds is 5. The number of benzene rings is 1. The third kappa shape index (κ3) is 3.67. The van der Waals surface area contributed by atoms with Gasteiger partial charge in [0.15, 0.2) is 0 Å². The SMILES string of the molecule is Cc1c(C(=O)NCC(C)C)sc2ncn(Cc3cccc(F)c3)c(=O)c12. The van der Waals surface area contributed by atoms with Crippen LogP contribution >= 0.6 is 11.3 Å². The maximum Gasteiger partial charge on any atom is 0.262 e. The van der Waals surface area contributed by atoms with Gasteiger partial charge in [-0.3, -0.25) is 14.2 Å². The van der Waals surface area contributed by atoms with Gasteiger partial charge in [0.1, 0.15) is 10.6 Å². The molecule has 0 aliphatic rings. The lowest BCUT2D eigenvalue weighted by atomic mass is 10.2. The number of hydrogen-bond acceptors (Lipinski definition) is 4. The lowest BCUT2D eigenvalue weighted by Crippen LogP contribution is -2.27. The van der Waals surface area contributed by atoms with Crippen molar-refractivity contribution in [1.82, 2.24) is 14.9 Å². The number of nitrogens with zero attached hydrogens (tertiary/aromatic N) is 2. The van der Waals surface area contributed by atoms with Crippen LogP contribution in [0.15, 0.2) is 35.4 Å². The molecule has 136 valence electrons. The van der Waals surface area contributed by atoms with Gasteiger partial charge in [0.2, 0.25) is 0 Å². The van der Waals surface area contributed by atoms with Gasteiger partial charge in [-0.15, -0.1) is 11.3 Å². The second-order valence-electron chi connectivity index (χ2n) is 6.65. The summed E-state index contributed by atoms with van der Waals surface area (Å²) >= 11 is 1.22. The van der Waals surface area contributed by atoms with Crippen molar-refractivity contribution in [3.8, 4) is 0 Å². The maximum absolute atomic E-state index is 13.4. The van der Waals surface area contributed by atoms with Gasteiger partial charge in [0.25, 0.3) is 11.5 Å². The molecule has 0 spiro atoms. The van der Waals surface area contributed by atoms with Crippen molar-refractivity contribution in [3.05, 3.63) is 62.8 Å². The summed E-state index contributed by atoms with van der Waals surface area (Å²) in [4.78, 5) is 30.6. The normalized spacial score (nSPS) is 11.3. The van der Waals surface area contributed by atoms with Crippen LogP contribution in [0.2, 0.25) is 0 Å². The summed E-state index contributed by atoms with van der Waals surface area (Å²) in [7, 11) is 0. The monoisotopic (exact) mass is 373 g/mol. The number of halogens is 1. The van der Waals surface area contributed by atoms with E-state index in [9.17, 15) is 14.0 Å². The van der Waals surface area contributed by atoms with E-state index in [1.54, 1.807) is 19.1 Å². The summed E-state index contributed by atoms with van der Waals surface area (Å²) in [5.41, 5.74) is 1.09. The fourth-order valence-electron chi connectivity index (χ4n) is 2.70. The van der Waals surface area contributed by atoms with E-state index in [0.717, 1.165) is 0 Å². The van der Waals surface area contributed by atoms with Crippen molar-refractivity contribution in [1.29, 1.82) is 0 Å². The van der Waals surface area contributed by atoms with Crippen molar-refractivity contribution in [2.45, 2.75) is 27.3 Å². The highest BCUT2D eigenvalue weighted by Gasteiger charge is 2.19. The van der Waals surface area contributed by atoms with Crippen LogP contribution in [-0.4, -0.2) is 22.0 Å². The van der Waals surface area contributed by atoms with Gasteiger partial charge in [0.05, 0.1) is 23.1 Å². The molecular formula is C19H20FN3O2S. The molecule has 0 bridgehead atoms. The Morgan fingerprint density at radius 1 is 1.38 bits per heavy atom. The molecule has 0 aliphatic heterocycles. The number of nitrogens with one attached hydrogen (secondary N) is 1. The van der Waals surface area contributed by atoms with Gasteiger partial charge in [-0.1, -0.05) is 26.0 Å². The second-order valence-corrected chi connectivity index (χ2v) is 7.65. The lowest BCUT2D eigenvalue weighted by molar-refractivity contribution is 0.0952. The number of fused-ring (bicyclic) bond motifs is 1. The van der Waals surface area contributed by atoms with Gasteiger partial charge < -0.3 is 5.32 Å². The first-order chi connectivity index (χ1) is 12.4. The van der Waals surface area contributed by atoms with Gasteiger partial charge in [-0.25, -0.2) is 9.37 Å². The first-order valence-electron chi connectivity index (χ1n) is 8.38. The van der Waals surface area contributed by atoms with Crippen LogP contribution in [0.3, 0.4) is 0 Å². The Morgan fingerprint density at radius 2 is 2.15 bits per heavy atom. The molecule has 0 saturated carbocycles. The van der Waals surface area contributed by atoms with Crippen molar-refractivity contribution in [3.63, 3.8) is 0 Å². The summed E-state index contributed by atoms with van der Waals surface area (Å²) in [6.07, 6.45) is 1.45. The number of carbonyl (C=O) groups is 1. The summed E-state index contributed by atoms with van der Waals surface area (Å²) in [5, 5.41) is 3.32. The Balaban J connectivity index is 1.97. The number of amides is 1. The minimum absolute atomic E-state index is 0.185. The van der Waals surface area contributed by atoms with E-state index in [1.165, 1.54) is 34.4 Å². The molecule has 0 fully saturated rings. The number of hydrogen-bond donors (Lipinski definition) is 1. The van der Waals surface area contributed by atoms with E-state index < -0.39 is 0 Å². The highest BCUT2D eigenvalue weighted by atomic mass is 32.1. The summed E-state index contributed by atoms with van der Waals surface area (Å²) < 4.78 is 14.8. The van der Waals surface area contributed by atoms with Crippen LogP contribution in [0.1, 0.15) is 34.6 Å². The maximum atomic E-state index is 13.4. The molecule has 3 aromatic rings. The van der Waals surface area contributed by atoms with E-state index >= 15 is 0 Å². The summed E-state index contributed by atoms with van der Waals surface area (Å²) in [6, 6.07) is 6.11. The standard InChI is InChI=1S/C19H20FN3O2S/c1-11(2)8-21-17(24)16-12(3)15-18(26-16)22-10-23(19(15)25)9-13-5-4-6-14(20)7-13/h4-7,10-11H,8-9H2,1-3H3,(H,21,24). The van der Waals surface area contributed by atoms with Crippen molar-refractivity contribution in [2.75, 3.05) is 6.54 Å². The summed E-state index contributed by atoms with van der Waals surface area (Å²) in [6.45, 7) is 6.60. The van der Waals surface area contributed by atoms with Gasteiger partial charge in [-0.2, -0.15) is 0 Å². The van der Waals surface area contributed by atoms with Gasteiger partial charge in [-0.05, 0) is 36.1 Å². The van der Waals surface area contributed by atoms with E-state index in [4.69, 9.17) is 0 Å². The molecule has 1 N–H and O–H groups in total. The Kier molecular flexibility index (Phi) is 5.18. The van der Waals surface area contributed by atoms with E-state index in [-0.39, 0.29) is 23.8 Å². The van der Waals surface area contributed by atoms with Crippen LogP contribution in [0, 0.1) is 18.7 Å². The number of carbonyl (C=O) groups excluding carboxylic acids is 1. The van der Waals surface area contributed by atoms with Crippen LogP contribution in [0.25, 0.3) is 10.2 Å². The second kappa shape index (κ2) is 7.37. The molecule has 2 heterocycles. The molecule has 0 aliphatic carbocycles. The van der Waals surface area contributed by atoms with Gasteiger partial charge in [0, 0.05) is 6.54 Å². The Morgan fingerprint density at radius 3 is 2.85 bits per heavy atom. The van der Waals surface area contributed by atoms with E-state index in [1.807, 2.05) is 13.8 Å². The fourth-order valence-corrected chi connectivity index (χ4v) is 3.75. The van der Waals surface area contributed by atoms with E-state index in [2.05, 4.69) is 10.3 Å². The molecule has 0 radical (unpaired) electrons. The molecule has 0 saturated heterocycles. The predicted molar refractivity (Wildman–Crippen MR) is 101 cm³/mol. The molecule has 0 atom stereocenters. The Labute approximate surface area is 154 Å². The van der Waals surface area contributed by atoms with Crippen molar-refractivity contribution < 1.29 is 9.18 Å². The molecule has 2 aromatic heterocycles. The zero-order chi connectivity index (χ0) is 18.8. The molecular weight excluding hydrogens is 353 g/mol. The molecule has 0 unspecified atom stereocenters. The molecule has 5 nitrogen and oxygen atoms in total. The van der Waals surface area contributed by atoms with Crippen LogP contribution < -0.4 is 10.9 Å². The Hall–Kier alpha value is -2.54. The first kappa shape index (κ1) is 18.3. The smallest absolute Gasteiger partial charge is 0.262 e. The molecule has 3 rings (SSSR count). The Bertz CT molecular complexity index is 1020. The molecule has 7 heteroatoms. The topological polar surface area (TPSA) is 64.0 Å². The third-order valence-electron chi connectivity index (χ3n) is 4.04. The first-order valence-corrected chi connectivity index (χ1v) is 9.19. The number of aromatic nitrogens is 2. The van der Waals surface area contributed by atoms with Crippen molar-refractivity contribution >= 4 is 27.5 Å². The summed E-state index contributed by atoms with van der Waals surface area (Å²) in [5.74, 6) is -0.189. The minimum atomic E-state index is -0.347. The highest BCUT2D eigenvalue weighted by molar-refractivity contribution is 7.20. The zero-order valence-corrected chi connectivity index (χ0v) is 15.7. The van der Waals surface area contributed by atoms with Crippen LogP contribution in [0.4, 0.5) is 4.39 Å². The number of thiophene rings is 1. The molecule has 1 amide bonds. The highest BCUT2D eigenvalue weighted by Crippen LogP contribution is 2.26. The average molecular weight is 373 g/mol. The van der Waals surface area contributed by atoms with Crippen molar-refractivity contribution in [2.24, 2.45) is 5.92 Å². The van der Waals surface area contributed by atoms with Crippen LogP contribution in [-0.2, 0) is 6.54 Å². The van der Waals surface area contributed by atoms with E-state index in [0.29, 0.717) is 38.7 Å². The average Bonchev–Trinajstić information content (AvgIpc) is 2.93. The molecule has 26 heavy (non-hydrogen) atoms. The quantitative estimate of drug-likeness (QED) is 0.746. The molecule has 1 aromatic carbocycles. The number of aryl methyl sites for hydroxylation is 1.